The minimum absolute atomic E-state index is 0.438. The Balaban J connectivity index is 1.53. The number of rotatable bonds is 5. The van der Waals surface area contributed by atoms with Crippen LogP contribution in [0.4, 0.5) is 0 Å². The quantitative estimate of drug-likeness (QED) is 0.350. The van der Waals surface area contributed by atoms with Crippen molar-refractivity contribution in [3.05, 3.63) is 102 Å². The summed E-state index contributed by atoms with van der Waals surface area (Å²) in [6.45, 7) is 5.61. The molecule has 0 amide bonds. The Kier molecular flexibility index (Phi) is 5.74. The average molecular weight is 425 g/mol. The zero-order valence-corrected chi connectivity index (χ0v) is 19.2. The van der Waals surface area contributed by atoms with Crippen molar-refractivity contribution < 1.29 is 0 Å². The number of benzene rings is 3. The molecule has 1 atom stereocenters. The topological polar surface area (TPSA) is 17.8 Å². The van der Waals surface area contributed by atoms with Crippen molar-refractivity contribution in [2.24, 2.45) is 0 Å². The standard InChI is InChI=1S/C28H29N2P/c1-21-11-6-8-16-26(21)31(27-17-9-7-12-22(27)2)20-24-15-10-18-30-19-25(29-28(24)30)23-13-4-3-5-14-23/h3-9,11-14,16-17,19,24H,10,15,18,20H2,1-2H3/t24-/m0/s1. The predicted molar refractivity (Wildman–Crippen MR) is 133 cm³/mol. The van der Waals surface area contributed by atoms with Gasteiger partial charge in [0.05, 0.1) is 5.69 Å². The van der Waals surface area contributed by atoms with Gasteiger partial charge in [-0.05, 0) is 62.5 Å². The third-order valence-corrected chi connectivity index (χ3v) is 9.38. The van der Waals surface area contributed by atoms with Crippen molar-refractivity contribution in [2.75, 3.05) is 6.16 Å². The van der Waals surface area contributed by atoms with Crippen molar-refractivity contribution in [2.45, 2.75) is 39.2 Å². The molecule has 0 aliphatic carbocycles. The number of hydrogen-bond donors (Lipinski definition) is 0. The van der Waals surface area contributed by atoms with Crippen LogP contribution in [-0.4, -0.2) is 15.7 Å². The van der Waals surface area contributed by atoms with E-state index in [-0.39, 0.29) is 0 Å². The highest BCUT2D eigenvalue weighted by Gasteiger charge is 2.28. The molecule has 4 aromatic rings. The molecule has 31 heavy (non-hydrogen) atoms. The van der Waals surface area contributed by atoms with Gasteiger partial charge in [0.25, 0.3) is 0 Å². The molecule has 0 N–H and O–H groups in total. The van der Waals surface area contributed by atoms with Crippen LogP contribution in [0.2, 0.25) is 0 Å². The van der Waals surface area contributed by atoms with Gasteiger partial charge in [-0.1, -0.05) is 78.9 Å². The molecular formula is C28H29N2P. The van der Waals surface area contributed by atoms with Crippen LogP contribution >= 0.6 is 7.92 Å². The highest BCUT2D eigenvalue weighted by atomic mass is 31.1. The number of aryl methyl sites for hydroxylation is 3. The zero-order valence-electron chi connectivity index (χ0n) is 18.3. The summed E-state index contributed by atoms with van der Waals surface area (Å²) in [6.07, 6.45) is 5.88. The van der Waals surface area contributed by atoms with Gasteiger partial charge >= 0.3 is 0 Å². The summed E-state index contributed by atoms with van der Waals surface area (Å²) < 4.78 is 2.42. The lowest BCUT2D eigenvalue weighted by Gasteiger charge is -2.29. The van der Waals surface area contributed by atoms with Gasteiger partial charge in [-0.15, -0.1) is 0 Å². The third-order valence-electron chi connectivity index (χ3n) is 6.41. The van der Waals surface area contributed by atoms with Gasteiger partial charge in [0.15, 0.2) is 0 Å². The van der Waals surface area contributed by atoms with Crippen LogP contribution in [0.15, 0.2) is 85.1 Å². The highest BCUT2D eigenvalue weighted by Crippen LogP contribution is 2.43. The molecule has 1 aromatic heterocycles. The number of nitrogens with zero attached hydrogens (tertiary/aromatic N) is 2. The minimum Gasteiger partial charge on any atom is -0.334 e. The minimum atomic E-state index is -0.438. The lowest BCUT2D eigenvalue weighted by atomic mass is 10.0. The number of aromatic nitrogens is 2. The van der Waals surface area contributed by atoms with Crippen LogP contribution in [0.3, 0.4) is 0 Å². The largest absolute Gasteiger partial charge is 0.334 e. The molecule has 0 bridgehead atoms. The van der Waals surface area contributed by atoms with Crippen LogP contribution in [0.25, 0.3) is 11.3 Å². The molecular weight excluding hydrogens is 395 g/mol. The molecule has 2 heterocycles. The van der Waals surface area contributed by atoms with Crippen molar-refractivity contribution in [3.63, 3.8) is 0 Å². The summed E-state index contributed by atoms with van der Waals surface area (Å²) in [5.74, 6) is 1.77. The summed E-state index contributed by atoms with van der Waals surface area (Å²) >= 11 is 0. The highest BCUT2D eigenvalue weighted by molar-refractivity contribution is 7.73. The molecule has 1 aliphatic heterocycles. The SMILES string of the molecule is Cc1ccccc1P(C[C@@H]1CCCn2cc(-c3ccccc3)nc21)c1ccccc1C. The van der Waals surface area contributed by atoms with Crippen LogP contribution < -0.4 is 10.6 Å². The van der Waals surface area contributed by atoms with Crippen LogP contribution in [0, 0.1) is 13.8 Å². The second-order valence-corrected chi connectivity index (χ2v) is 10.8. The van der Waals surface area contributed by atoms with Gasteiger partial charge in [0.2, 0.25) is 0 Å². The first kappa shape index (κ1) is 20.2. The Morgan fingerprint density at radius 3 is 2.10 bits per heavy atom. The molecule has 0 unspecified atom stereocenters. The maximum Gasteiger partial charge on any atom is 0.112 e. The van der Waals surface area contributed by atoms with Gasteiger partial charge in [-0.25, -0.2) is 4.98 Å². The molecule has 3 heteroatoms. The number of fused-ring (bicyclic) bond motifs is 1. The van der Waals surface area contributed by atoms with E-state index in [0.29, 0.717) is 5.92 Å². The fourth-order valence-electron chi connectivity index (χ4n) is 4.77. The Morgan fingerprint density at radius 1 is 0.839 bits per heavy atom. The summed E-state index contributed by atoms with van der Waals surface area (Å²) in [7, 11) is -0.438. The summed E-state index contributed by atoms with van der Waals surface area (Å²) in [5, 5.41) is 3.03. The molecule has 2 nitrogen and oxygen atoms in total. The molecule has 3 aromatic carbocycles. The van der Waals surface area contributed by atoms with Crippen LogP contribution in [0.5, 0.6) is 0 Å². The molecule has 156 valence electrons. The van der Waals surface area contributed by atoms with E-state index in [2.05, 4.69) is 103 Å². The van der Waals surface area contributed by atoms with E-state index >= 15 is 0 Å². The van der Waals surface area contributed by atoms with E-state index in [1.165, 1.54) is 46.0 Å². The van der Waals surface area contributed by atoms with Crippen molar-refractivity contribution in [1.82, 2.24) is 9.55 Å². The summed E-state index contributed by atoms with van der Waals surface area (Å²) in [4.78, 5) is 5.16. The van der Waals surface area contributed by atoms with Gasteiger partial charge in [-0.2, -0.15) is 0 Å². The van der Waals surface area contributed by atoms with E-state index < -0.39 is 7.92 Å². The van der Waals surface area contributed by atoms with Gasteiger partial charge in [0, 0.05) is 24.2 Å². The molecule has 0 radical (unpaired) electrons. The lowest BCUT2D eigenvalue weighted by Crippen LogP contribution is -2.24. The summed E-state index contributed by atoms with van der Waals surface area (Å²) in [6, 6.07) is 28.5. The van der Waals surface area contributed by atoms with Gasteiger partial charge < -0.3 is 4.57 Å². The van der Waals surface area contributed by atoms with E-state index in [1.54, 1.807) is 0 Å². The Bertz CT molecular complexity index is 1130. The average Bonchev–Trinajstić information content (AvgIpc) is 3.25. The van der Waals surface area contributed by atoms with Crippen LogP contribution in [0.1, 0.15) is 35.7 Å². The van der Waals surface area contributed by atoms with Crippen molar-refractivity contribution in [1.29, 1.82) is 0 Å². The molecule has 0 fully saturated rings. The van der Waals surface area contributed by atoms with Crippen LogP contribution in [-0.2, 0) is 6.54 Å². The van der Waals surface area contributed by atoms with Gasteiger partial charge in [-0.3, -0.25) is 0 Å². The molecule has 1 aliphatic rings. The summed E-state index contributed by atoms with van der Waals surface area (Å²) in [5.41, 5.74) is 5.13. The van der Waals surface area contributed by atoms with Crippen molar-refractivity contribution >= 4 is 18.5 Å². The molecule has 0 saturated carbocycles. The first-order valence-electron chi connectivity index (χ1n) is 11.2. The van der Waals surface area contributed by atoms with Crippen molar-refractivity contribution in [3.8, 4) is 11.3 Å². The number of hydrogen-bond acceptors (Lipinski definition) is 1. The second kappa shape index (κ2) is 8.81. The lowest BCUT2D eigenvalue weighted by molar-refractivity contribution is 0.467. The first-order valence-corrected chi connectivity index (χ1v) is 12.7. The predicted octanol–water partition coefficient (Wildman–Crippen LogP) is 6.18. The first-order chi connectivity index (χ1) is 15.2. The normalized spacial score (nSPS) is 15.8. The zero-order chi connectivity index (χ0) is 21.2. The number of imidazole rings is 1. The smallest absolute Gasteiger partial charge is 0.112 e. The molecule has 5 rings (SSSR count). The monoisotopic (exact) mass is 424 g/mol. The Labute approximate surface area is 186 Å². The molecule has 0 saturated heterocycles. The Morgan fingerprint density at radius 2 is 1.45 bits per heavy atom. The van der Waals surface area contributed by atoms with Gasteiger partial charge in [0.1, 0.15) is 5.82 Å². The maximum atomic E-state index is 5.16. The van der Waals surface area contributed by atoms with E-state index in [0.717, 1.165) is 18.4 Å². The van der Waals surface area contributed by atoms with E-state index in [9.17, 15) is 0 Å². The van der Waals surface area contributed by atoms with E-state index in [1.807, 2.05) is 0 Å². The Hall–Kier alpha value is -2.70. The maximum absolute atomic E-state index is 5.16. The second-order valence-electron chi connectivity index (χ2n) is 8.57. The van der Waals surface area contributed by atoms with E-state index in [4.69, 9.17) is 4.98 Å². The fourth-order valence-corrected chi connectivity index (χ4v) is 7.74. The third kappa shape index (κ3) is 4.10. The fraction of sp³-hybridized carbons (Fsp3) is 0.250. The molecule has 0 spiro atoms.